The van der Waals surface area contributed by atoms with Crippen LogP contribution in [0.1, 0.15) is 0 Å². The van der Waals surface area contributed by atoms with E-state index in [2.05, 4.69) is 21.2 Å². The van der Waals surface area contributed by atoms with Crippen molar-refractivity contribution in [2.75, 3.05) is 26.1 Å². The maximum absolute atomic E-state index is 13.0. The molecule has 0 radical (unpaired) electrons. The van der Waals surface area contributed by atoms with E-state index >= 15 is 0 Å². The minimum atomic E-state index is -0.394. The molecule has 0 spiro atoms. The predicted octanol–water partition coefficient (Wildman–Crippen LogP) is 3.62. The molecule has 2 aromatic carbocycles. The van der Waals surface area contributed by atoms with Crippen molar-refractivity contribution in [2.24, 2.45) is 0 Å². The molecule has 0 atom stereocenters. The van der Waals surface area contributed by atoms with Crippen LogP contribution < -0.4 is 19.5 Å². The minimum absolute atomic E-state index is 0.232. The molecule has 1 amide bonds. The first-order chi connectivity index (χ1) is 11.0. The summed E-state index contributed by atoms with van der Waals surface area (Å²) in [5.41, 5.74) is 0.471. The Morgan fingerprint density at radius 1 is 1.13 bits per heavy atom. The Kier molecular flexibility index (Phi) is 5.81. The van der Waals surface area contributed by atoms with Crippen LogP contribution in [-0.2, 0) is 4.79 Å². The van der Waals surface area contributed by atoms with Crippen molar-refractivity contribution >= 4 is 27.5 Å². The number of hydrogen-bond donors (Lipinski definition) is 1. The van der Waals surface area contributed by atoms with Crippen LogP contribution in [0.3, 0.4) is 0 Å². The Labute approximate surface area is 141 Å². The van der Waals surface area contributed by atoms with E-state index in [0.717, 1.165) is 0 Å². The van der Waals surface area contributed by atoms with Crippen LogP contribution in [0.4, 0.5) is 10.1 Å². The molecule has 0 aliphatic carbocycles. The number of anilines is 1. The highest BCUT2D eigenvalue weighted by atomic mass is 79.9. The second-order valence-electron chi connectivity index (χ2n) is 4.48. The van der Waals surface area contributed by atoms with E-state index in [1.54, 1.807) is 18.2 Å². The first kappa shape index (κ1) is 17.1. The maximum Gasteiger partial charge on any atom is 0.262 e. The lowest BCUT2D eigenvalue weighted by molar-refractivity contribution is -0.118. The van der Waals surface area contributed by atoms with Gasteiger partial charge in [-0.3, -0.25) is 4.79 Å². The molecule has 0 heterocycles. The van der Waals surface area contributed by atoms with Crippen molar-refractivity contribution < 1.29 is 23.4 Å². The third kappa shape index (κ3) is 4.59. The number of carbonyl (C=O) groups excluding carboxylic acids is 1. The average Bonchev–Trinajstić information content (AvgIpc) is 2.54. The van der Waals surface area contributed by atoms with Gasteiger partial charge in [0.15, 0.2) is 6.61 Å². The lowest BCUT2D eigenvalue weighted by Gasteiger charge is -2.12. The second kappa shape index (κ2) is 7.82. The Morgan fingerprint density at radius 3 is 2.52 bits per heavy atom. The third-order valence-corrected chi connectivity index (χ3v) is 3.55. The van der Waals surface area contributed by atoms with Gasteiger partial charge in [0.05, 0.1) is 24.4 Å². The molecule has 0 saturated heterocycles. The van der Waals surface area contributed by atoms with Crippen molar-refractivity contribution in [1.82, 2.24) is 0 Å². The molecule has 0 aliphatic heterocycles. The third-order valence-electron chi connectivity index (χ3n) is 2.93. The van der Waals surface area contributed by atoms with Gasteiger partial charge >= 0.3 is 0 Å². The number of benzene rings is 2. The summed E-state index contributed by atoms with van der Waals surface area (Å²) in [6, 6.07) is 9.01. The van der Waals surface area contributed by atoms with Gasteiger partial charge in [-0.15, -0.1) is 0 Å². The number of ether oxygens (including phenoxy) is 3. The molecule has 0 bridgehead atoms. The fourth-order valence-electron chi connectivity index (χ4n) is 1.83. The van der Waals surface area contributed by atoms with Crippen LogP contribution >= 0.6 is 15.9 Å². The van der Waals surface area contributed by atoms with E-state index in [9.17, 15) is 9.18 Å². The van der Waals surface area contributed by atoms with Crippen LogP contribution in [0.2, 0.25) is 0 Å². The van der Waals surface area contributed by atoms with Gasteiger partial charge in [0, 0.05) is 6.07 Å². The first-order valence-electron chi connectivity index (χ1n) is 6.63. The van der Waals surface area contributed by atoms with Crippen LogP contribution in [0, 0.1) is 5.82 Å². The Morgan fingerprint density at radius 2 is 1.87 bits per heavy atom. The first-order valence-corrected chi connectivity index (χ1v) is 7.42. The molecule has 2 aromatic rings. The van der Waals surface area contributed by atoms with Gasteiger partial charge in [-0.25, -0.2) is 4.39 Å². The molecule has 5 nitrogen and oxygen atoms in total. The lowest BCUT2D eigenvalue weighted by Crippen LogP contribution is -2.20. The SMILES string of the molecule is COc1ccc(OC)c(NC(=O)COc2ccc(F)cc2Br)c1. The topological polar surface area (TPSA) is 56.8 Å². The summed E-state index contributed by atoms with van der Waals surface area (Å²) in [5.74, 6) is 0.687. The standard InChI is InChI=1S/C16H15BrFNO4/c1-21-11-4-6-15(22-2)13(8-11)19-16(20)9-23-14-5-3-10(18)7-12(14)17/h3-8H,9H2,1-2H3,(H,19,20). The van der Waals surface area contributed by atoms with Gasteiger partial charge in [-0.2, -0.15) is 0 Å². The van der Waals surface area contributed by atoms with Crippen LogP contribution in [-0.4, -0.2) is 26.7 Å². The largest absolute Gasteiger partial charge is 0.497 e. The molecule has 23 heavy (non-hydrogen) atoms. The summed E-state index contributed by atoms with van der Waals surface area (Å²) in [7, 11) is 3.03. The molecule has 7 heteroatoms. The van der Waals surface area contributed by atoms with Crippen LogP contribution in [0.25, 0.3) is 0 Å². The normalized spacial score (nSPS) is 10.1. The van der Waals surface area contributed by atoms with E-state index in [1.165, 1.54) is 32.4 Å². The van der Waals surface area contributed by atoms with Gasteiger partial charge in [0.1, 0.15) is 23.1 Å². The van der Waals surface area contributed by atoms with Gasteiger partial charge in [0.25, 0.3) is 5.91 Å². The van der Waals surface area contributed by atoms with Crippen LogP contribution in [0.15, 0.2) is 40.9 Å². The number of rotatable bonds is 6. The average molecular weight is 384 g/mol. The summed E-state index contributed by atoms with van der Waals surface area (Å²) >= 11 is 3.17. The Balaban J connectivity index is 2.02. The van der Waals surface area contributed by atoms with Gasteiger partial charge in [0.2, 0.25) is 0 Å². The summed E-state index contributed by atoms with van der Waals surface area (Å²) in [5, 5.41) is 2.68. The molecular formula is C16H15BrFNO4. The Hall–Kier alpha value is -2.28. The van der Waals surface area contributed by atoms with E-state index in [-0.39, 0.29) is 12.5 Å². The van der Waals surface area contributed by atoms with E-state index in [1.807, 2.05) is 0 Å². The maximum atomic E-state index is 13.0. The number of nitrogens with one attached hydrogen (secondary N) is 1. The zero-order chi connectivity index (χ0) is 16.8. The molecule has 0 unspecified atom stereocenters. The van der Waals surface area contributed by atoms with Crippen molar-refractivity contribution in [1.29, 1.82) is 0 Å². The number of carbonyl (C=O) groups is 1. The number of hydrogen-bond acceptors (Lipinski definition) is 4. The second-order valence-corrected chi connectivity index (χ2v) is 5.33. The highest BCUT2D eigenvalue weighted by Gasteiger charge is 2.11. The van der Waals surface area contributed by atoms with Crippen molar-refractivity contribution in [3.05, 3.63) is 46.7 Å². The van der Waals surface area contributed by atoms with Crippen molar-refractivity contribution in [3.63, 3.8) is 0 Å². The molecular weight excluding hydrogens is 369 g/mol. The Bertz CT molecular complexity index is 708. The molecule has 0 aromatic heterocycles. The van der Waals surface area contributed by atoms with E-state index < -0.39 is 5.82 Å². The zero-order valence-corrected chi connectivity index (χ0v) is 14.1. The molecule has 0 fully saturated rings. The lowest BCUT2D eigenvalue weighted by atomic mass is 10.2. The molecule has 0 saturated carbocycles. The number of amides is 1. The van der Waals surface area contributed by atoms with Crippen LogP contribution in [0.5, 0.6) is 17.2 Å². The van der Waals surface area contributed by atoms with Gasteiger partial charge in [-0.1, -0.05) is 0 Å². The number of halogens is 2. The molecule has 122 valence electrons. The highest BCUT2D eigenvalue weighted by Crippen LogP contribution is 2.29. The summed E-state index contributed by atoms with van der Waals surface area (Å²) in [6.07, 6.45) is 0. The quantitative estimate of drug-likeness (QED) is 0.827. The minimum Gasteiger partial charge on any atom is -0.497 e. The molecule has 0 aliphatic rings. The number of methoxy groups -OCH3 is 2. The van der Waals surface area contributed by atoms with Gasteiger partial charge in [-0.05, 0) is 46.3 Å². The van der Waals surface area contributed by atoms with E-state index in [4.69, 9.17) is 14.2 Å². The predicted molar refractivity (Wildman–Crippen MR) is 87.8 cm³/mol. The monoisotopic (exact) mass is 383 g/mol. The fourth-order valence-corrected chi connectivity index (χ4v) is 2.30. The summed E-state index contributed by atoms with van der Waals surface area (Å²) in [4.78, 5) is 12.0. The van der Waals surface area contributed by atoms with Gasteiger partial charge < -0.3 is 19.5 Å². The smallest absolute Gasteiger partial charge is 0.262 e. The highest BCUT2D eigenvalue weighted by molar-refractivity contribution is 9.10. The van der Waals surface area contributed by atoms with Crippen molar-refractivity contribution in [3.8, 4) is 17.2 Å². The zero-order valence-electron chi connectivity index (χ0n) is 12.6. The molecule has 1 N–H and O–H groups in total. The summed E-state index contributed by atoms with van der Waals surface area (Å²) < 4.78 is 29.1. The molecule has 2 rings (SSSR count). The fraction of sp³-hybridized carbons (Fsp3) is 0.188. The van der Waals surface area contributed by atoms with E-state index in [0.29, 0.717) is 27.4 Å². The van der Waals surface area contributed by atoms with Crippen molar-refractivity contribution in [2.45, 2.75) is 0 Å². The summed E-state index contributed by atoms with van der Waals surface area (Å²) in [6.45, 7) is -0.232.